The van der Waals surface area contributed by atoms with Crippen molar-refractivity contribution in [2.24, 2.45) is 5.73 Å². The Balaban J connectivity index is 2.29. The van der Waals surface area contributed by atoms with Crippen LogP contribution in [0.4, 0.5) is 5.69 Å². The molecule has 3 nitrogen and oxygen atoms in total. The van der Waals surface area contributed by atoms with E-state index in [0.29, 0.717) is 10.6 Å². The number of halogens is 1. The second-order valence-corrected chi connectivity index (χ2v) is 5.36. The van der Waals surface area contributed by atoms with Gasteiger partial charge in [0, 0.05) is 29.9 Å². The maximum Gasteiger partial charge on any atom is 0.124 e. The smallest absolute Gasteiger partial charge is 0.124 e. The molecule has 104 valence electrons. The summed E-state index contributed by atoms with van der Waals surface area (Å²) >= 11 is 5.98. The summed E-state index contributed by atoms with van der Waals surface area (Å²) in [5.74, 6) is 0.0265. The molecular weight excluding hydrogens is 270 g/mol. The van der Waals surface area contributed by atoms with Crippen LogP contribution in [0.15, 0.2) is 42.5 Å². The molecule has 0 atom stereocenters. The molecule has 0 saturated heterocycles. The van der Waals surface area contributed by atoms with Crippen LogP contribution in [0.3, 0.4) is 0 Å². The highest BCUT2D eigenvalue weighted by Crippen LogP contribution is 2.24. The largest absolute Gasteiger partial charge is 0.384 e. The van der Waals surface area contributed by atoms with Crippen molar-refractivity contribution in [1.29, 1.82) is 5.41 Å². The zero-order valence-corrected chi connectivity index (χ0v) is 12.4. The van der Waals surface area contributed by atoms with Crippen molar-refractivity contribution in [2.75, 3.05) is 11.9 Å². The van der Waals surface area contributed by atoms with E-state index >= 15 is 0 Å². The molecule has 0 aliphatic heterocycles. The van der Waals surface area contributed by atoms with Gasteiger partial charge in [0.25, 0.3) is 0 Å². The number of nitrogens with two attached hydrogens (primary N) is 1. The molecule has 0 amide bonds. The lowest BCUT2D eigenvalue weighted by Gasteiger charge is -2.22. The molecule has 0 radical (unpaired) electrons. The molecule has 0 aliphatic rings. The predicted molar refractivity (Wildman–Crippen MR) is 85.8 cm³/mol. The van der Waals surface area contributed by atoms with E-state index in [1.165, 1.54) is 11.1 Å². The van der Waals surface area contributed by atoms with Crippen molar-refractivity contribution < 1.29 is 0 Å². The Morgan fingerprint density at radius 3 is 2.65 bits per heavy atom. The van der Waals surface area contributed by atoms with E-state index < -0.39 is 0 Å². The Bertz CT molecular complexity index is 637. The third-order valence-electron chi connectivity index (χ3n) is 3.16. The van der Waals surface area contributed by atoms with Gasteiger partial charge in [0.05, 0.1) is 0 Å². The van der Waals surface area contributed by atoms with Gasteiger partial charge in [-0.05, 0) is 30.7 Å². The Labute approximate surface area is 124 Å². The second kappa shape index (κ2) is 5.97. The Kier molecular flexibility index (Phi) is 4.30. The third-order valence-corrected chi connectivity index (χ3v) is 3.40. The van der Waals surface area contributed by atoms with Gasteiger partial charge < -0.3 is 10.6 Å². The van der Waals surface area contributed by atoms with Gasteiger partial charge in [-0.15, -0.1) is 0 Å². The summed E-state index contributed by atoms with van der Waals surface area (Å²) in [5.41, 5.74) is 9.66. The van der Waals surface area contributed by atoms with Crippen LogP contribution in [0.5, 0.6) is 0 Å². The van der Waals surface area contributed by atoms with Crippen molar-refractivity contribution in [3.05, 3.63) is 64.2 Å². The molecule has 0 unspecified atom stereocenters. The van der Waals surface area contributed by atoms with E-state index in [0.717, 1.165) is 12.2 Å². The molecule has 0 aromatic heterocycles. The summed E-state index contributed by atoms with van der Waals surface area (Å²) in [5, 5.41) is 8.26. The number of amidine groups is 1. The van der Waals surface area contributed by atoms with Crippen LogP contribution < -0.4 is 10.6 Å². The van der Waals surface area contributed by atoms with Crippen molar-refractivity contribution in [2.45, 2.75) is 13.5 Å². The zero-order valence-electron chi connectivity index (χ0n) is 11.7. The lowest BCUT2D eigenvalue weighted by Crippen LogP contribution is -2.22. The van der Waals surface area contributed by atoms with Crippen molar-refractivity contribution in [3.63, 3.8) is 0 Å². The number of rotatable bonds is 4. The van der Waals surface area contributed by atoms with Crippen molar-refractivity contribution in [1.82, 2.24) is 0 Å². The fourth-order valence-corrected chi connectivity index (χ4v) is 2.40. The van der Waals surface area contributed by atoms with Crippen LogP contribution in [-0.2, 0) is 6.54 Å². The van der Waals surface area contributed by atoms with Gasteiger partial charge in [0.15, 0.2) is 0 Å². The minimum Gasteiger partial charge on any atom is -0.384 e. The molecule has 4 heteroatoms. The van der Waals surface area contributed by atoms with Crippen LogP contribution in [0.2, 0.25) is 5.02 Å². The molecule has 0 bridgehead atoms. The number of anilines is 1. The Morgan fingerprint density at radius 1 is 1.25 bits per heavy atom. The standard InChI is InChI=1S/C16H18ClN3/c1-11-4-3-5-12(8-11)10-20(2)15-7-6-13(17)9-14(15)16(18)19/h3-9H,10H2,1-2H3,(H3,18,19). The minimum atomic E-state index is 0.0265. The normalized spacial score (nSPS) is 10.3. The van der Waals surface area contributed by atoms with Crippen LogP contribution in [0.1, 0.15) is 16.7 Å². The van der Waals surface area contributed by atoms with E-state index in [2.05, 4.69) is 30.0 Å². The van der Waals surface area contributed by atoms with E-state index in [9.17, 15) is 0 Å². The van der Waals surface area contributed by atoms with Crippen molar-refractivity contribution in [3.8, 4) is 0 Å². The quantitative estimate of drug-likeness (QED) is 0.667. The maximum atomic E-state index is 7.67. The average Bonchev–Trinajstić information content (AvgIpc) is 2.38. The first kappa shape index (κ1) is 14.4. The number of nitrogens with one attached hydrogen (secondary N) is 1. The molecule has 2 rings (SSSR count). The Hall–Kier alpha value is -2.00. The monoisotopic (exact) mass is 287 g/mol. The molecule has 0 saturated carbocycles. The second-order valence-electron chi connectivity index (χ2n) is 4.92. The number of hydrogen-bond donors (Lipinski definition) is 2. The minimum absolute atomic E-state index is 0.0265. The first-order valence-corrected chi connectivity index (χ1v) is 6.76. The predicted octanol–water partition coefficient (Wildman–Crippen LogP) is 3.57. The van der Waals surface area contributed by atoms with Gasteiger partial charge in [-0.25, -0.2) is 0 Å². The van der Waals surface area contributed by atoms with Crippen LogP contribution in [0, 0.1) is 12.3 Å². The highest BCUT2D eigenvalue weighted by atomic mass is 35.5. The highest BCUT2D eigenvalue weighted by molar-refractivity contribution is 6.31. The van der Waals surface area contributed by atoms with Gasteiger partial charge >= 0.3 is 0 Å². The van der Waals surface area contributed by atoms with Crippen molar-refractivity contribution >= 4 is 23.1 Å². The summed E-state index contributed by atoms with van der Waals surface area (Å²) in [6.45, 7) is 2.83. The van der Waals surface area contributed by atoms with Gasteiger partial charge in [-0.3, -0.25) is 5.41 Å². The lowest BCUT2D eigenvalue weighted by atomic mass is 10.1. The number of hydrogen-bond acceptors (Lipinski definition) is 2. The van der Waals surface area contributed by atoms with Gasteiger partial charge in [-0.1, -0.05) is 41.4 Å². The molecule has 2 aromatic carbocycles. The van der Waals surface area contributed by atoms with Gasteiger partial charge in [0.1, 0.15) is 5.84 Å². The van der Waals surface area contributed by atoms with Gasteiger partial charge in [-0.2, -0.15) is 0 Å². The van der Waals surface area contributed by atoms with Crippen LogP contribution in [0.25, 0.3) is 0 Å². The number of benzene rings is 2. The number of nitrogens with zero attached hydrogens (tertiary/aromatic N) is 1. The highest BCUT2D eigenvalue weighted by Gasteiger charge is 2.11. The van der Waals surface area contributed by atoms with Crippen LogP contribution in [-0.4, -0.2) is 12.9 Å². The molecular formula is C16H18ClN3. The molecule has 0 fully saturated rings. The SMILES string of the molecule is Cc1cccc(CN(C)c2ccc(Cl)cc2C(=N)N)c1. The Morgan fingerprint density at radius 2 is 2.00 bits per heavy atom. The molecule has 20 heavy (non-hydrogen) atoms. The van der Waals surface area contributed by atoms with E-state index in [4.69, 9.17) is 22.7 Å². The molecule has 0 heterocycles. The van der Waals surface area contributed by atoms with E-state index in [1.54, 1.807) is 6.07 Å². The zero-order chi connectivity index (χ0) is 14.7. The first-order chi connectivity index (χ1) is 9.47. The van der Waals surface area contributed by atoms with E-state index in [1.807, 2.05) is 25.2 Å². The van der Waals surface area contributed by atoms with E-state index in [-0.39, 0.29) is 5.84 Å². The maximum absolute atomic E-state index is 7.67. The molecule has 2 aromatic rings. The topological polar surface area (TPSA) is 53.1 Å². The summed E-state index contributed by atoms with van der Waals surface area (Å²) in [4.78, 5) is 2.07. The first-order valence-electron chi connectivity index (χ1n) is 6.38. The fraction of sp³-hybridized carbons (Fsp3) is 0.188. The molecule has 0 aliphatic carbocycles. The van der Waals surface area contributed by atoms with Gasteiger partial charge in [0.2, 0.25) is 0 Å². The fourth-order valence-electron chi connectivity index (χ4n) is 2.23. The summed E-state index contributed by atoms with van der Waals surface area (Å²) in [6.07, 6.45) is 0. The molecule has 0 spiro atoms. The average molecular weight is 288 g/mol. The third kappa shape index (κ3) is 3.31. The number of nitrogen functional groups attached to an aromatic ring is 1. The summed E-state index contributed by atoms with van der Waals surface area (Å²) in [6, 6.07) is 13.8. The summed E-state index contributed by atoms with van der Waals surface area (Å²) in [7, 11) is 1.98. The summed E-state index contributed by atoms with van der Waals surface area (Å²) < 4.78 is 0. The number of aryl methyl sites for hydroxylation is 1. The lowest BCUT2D eigenvalue weighted by molar-refractivity contribution is 0.919. The molecule has 3 N–H and O–H groups in total. The van der Waals surface area contributed by atoms with Crippen LogP contribution >= 0.6 is 11.6 Å².